The molecule has 1 unspecified atom stereocenters. The molecule has 0 saturated carbocycles. The normalized spacial score (nSPS) is 12.5. The highest BCUT2D eigenvalue weighted by atomic mass is 32.3. The highest BCUT2D eigenvalue weighted by Gasteiger charge is 2.15. The van der Waals surface area contributed by atoms with Crippen molar-refractivity contribution >= 4 is 21.4 Å². The van der Waals surface area contributed by atoms with Crippen LogP contribution in [0.4, 0.5) is 4.39 Å². The average molecular weight is 426 g/mol. The molecule has 0 aliphatic heterocycles. The maximum absolute atomic E-state index is 12.9. The molecule has 29 heavy (non-hydrogen) atoms. The molecule has 0 fully saturated rings. The molecular formula is C19H23FN2O6S. The van der Waals surface area contributed by atoms with E-state index in [0.29, 0.717) is 13.0 Å². The zero-order chi connectivity index (χ0) is 21.6. The summed E-state index contributed by atoms with van der Waals surface area (Å²) in [7, 11) is -3.04. The summed E-state index contributed by atoms with van der Waals surface area (Å²) in [6, 6.07) is 8.26. The largest absolute Gasteiger partial charge is 0.394 e. The molecule has 8 nitrogen and oxygen atoms in total. The summed E-state index contributed by atoms with van der Waals surface area (Å²) in [5, 5.41) is 0. The van der Waals surface area contributed by atoms with Gasteiger partial charge in [0, 0.05) is 25.4 Å². The predicted octanol–water partition coefficient (Wildman–Crippen LogP) is 3.40. The standard InChI is InChI=1S/C19H21FN2O2.H2O4S/c1-12-13(2)22-19-15(8-9-21-18(12)19)10-17(23-3)24-11-14-4-6-16(20)7-5-14;1-5(2,3)4/h4-9,17,22H,10-11H2,1-3H3;(H2,1,2,3,4). The van der Waals surface area contributed by atoms with Crippen molar-refractivity contribution in [3.8, 4) is 0 Å². The molecule has 2 heterocycles. The number of rotatable bonds is 6. The monoisotopic (exact) mass is 426 g/mol. The third kappa shape index (κ3) is 7.18. The number of ether oxygens (including phenoxy) is 2. The van der Waals surface area contributed by atoms with Crippen molar-refractivity contribution in [2.24, 2.45) is 0 Å². The summed E-state index contributed by atoms with van der Waals surface area (Å²) >= 11 is 0. The van der Waals surface area contributed by atoms with E-state index in [-0.39, 0.29) is 12.1 Å². The van der Waals surface area contributed by atoms with E-state index in [1.165, 1.54) is 12.1 Å². The molecule has 10 heteroatoms. The Kier molecular flexibility index (Phi) is 7.82. The number of nitrogens with zero attached hydrogens (tertiary/aromatic N) is 1. The van der Waals surface area contributed by atoms with Gasteiger partial charge in [-0.05, 0) is 48.7 Å². The minimum atomic E-state index is -4.67. The van der Waals surface area contributed by atoms with E-state index in [1.807, 2.05) is 19.2 Å². The molecule has 0 spiro atoms. The van der Waals surface area contributed by atoms with Crippen LogP contribution in [-0.2, 0) is 32.9 Å². The van der Waals surface area contributed by atoms with Crippen molar-refractivity contribution < 1.29 is 31.4 Å². The van der Waals surface area contributed by atoms with Crippen molar-refractivity contribution in [3.63, 3.8) is 0 Å². The minimum absolute atomic E-state index is 0.251. The number of halogens is 1. The van der Waals surface area contributed by atoms with Crippen LogP contribution in [0.15, 0.2) is 36.5 Å². The Morgan fingerprint density at radius 1 is 1.17 bits per heavy atom. The van der Waals surface area contributed by atoms with Crippen LogP contribution in [0, 0.1) is 19.7 Å². The number of aromatic nitrogens is 2. The first-order valence-electron chi connectivity index (χ1n) is 8.60. The lowest BCUT2D eigenvalue weighted by Crippen LogP contribution is -2.18. The van der Waals surface area contributed by atoms with Crippen LogP contribution in [-0.4, -0.2) is 40.9 Å². The van der Waals surface area contributed by atoms with Crippen LogP contribution in [0.1, 0.15) is 22.4 Å². The highest BCUT2D eigenvalue weighted by Crippen LogP contribution is 2.23. The Hall–Kier alpha value is -2.37. The Morgan fingerprint density at radius 3 is 2.38 bits per heavy atom. The molecule has 0 aliphatic carbocycles. The van der Waals surface area contributed by atoms with Crippen molar-refractivity contribution in [1.29, 1.82) is 0 Å². The van der Waals surface area contributed by atoms with Crippen LogP contribution >= 0.6 is 0 Å². The lowest BCUT2D eigenvalue weighted by Gasteiger charge is -2.17. The summed E-state index contributed by atoms with van der Waals surface area (Å²) in [5.41, 5.74) is 6.30. The summed E-state index contributed by atoms with van der Waals surface area (Å²) in [5.74, 6) is -0.251. The van der Waals surface area contributed by atoms with Gasteiger partial charge in [-0.15, -0.1) is 0 Å². The van der Waals surface area contributed by atoms with Crippen LogP contribution < -0.4 is 0 Å². The fourth-order valence-corrected chi connectivity index (χ4v) is 2.71. The van der Waals surface area contributed by atoms with Gasteiger partial charge in [0.15, 0.2) is 6.29 Å². The molecule has 0 radical (unpaired) electrons. The number of aromatic amines is 1. The minimum Gasteiger partial charge on any atom is -0.357 e. The molecule has 1 aromatic carbocycles. The SMILES string of the molecule is COC(Cc1ccnc2c(C)c(C)[nH]c12)OCc1ccc(F)cc1.O=S(=O)(O)O. The maximum atomic E-state index is 12.9. The van der Waals surface area contributed by atoms with Crippen molar-refractivity contribution in [1.82, 2.24) is 9.97 Å². The number of benzene rings is 1. The maximum Gasteiger partial charge on any atom is 0.394 e. The van der Waals surface area contributed by atoms with E-state index in [4.69, 9.17) is 27.0 Å². The van der Waals surface area contributed by atoms with E-state index in [0.717, 1.165) is 33.4 Å². The Bertz CT molecular complexity index is 1040. The smallest absolute Gasteiger partial charge is 0.357 e. The first-order valence-corrected chi connectivity index (χ1v) is 9.99. The lowest BCUT2D eigenvalue weighted by molar-refractivity contribution is -0.130. The number of fused-ring (bicyclic) bond motifs is 1. The van der Waals surface area contributed by atoms with Crippen LogP contribution in [0.25, 0.3) is 11.0 Å². The van der Waals surface area contributed by atoms with E-state index in [1.54, 1.807) is 19.2 Å². The zero-order valence-electron chi connectivity index (χ0n) is 16.2. The fourth-order valence-electron chi connectivity index (χ4n) is 2.71. The highest BCUT2D eigenvalue weighted by molar-refractivity contribution is 7.79. The molecule has 0 aliphatic rings. The lowest BCUT2D eigenvalue weighted by atomic mass is 10.1. The molecule has 0 bridgehead atoms. The van der Waals surface area contributed by atoms with Gasteiger partial charge in [0.1, 0.15) is 5.82 Å². The number of hydrogen-bond acceptors (Lipinski definition) is 5. The van der Waals surface area contributed by atoms with Crippen molar-refractivity contribution in [2.45, 2.75) is 33.2 Å². The summed E-state index contributed by atoms with van der Waals surface area (Å²) in [4.78, 5) is 7.84. The Balaban J connectivity index is 0.000000537. The second-order valence-electron chi connectivity index (χ2n) is 6.32. The van der Waals surface area contributed by atoms with Gasteiger partial charge in [-0.25, -0.2) is 4.39 Å². The summed E-state index contributed by atoms with van der Waals surface area (Å²) in [6.45, 7) is 4.47. The third-order valence-electron chi connectivity index (χ3n) is 4.27. The van der Waals surface area contributed by atoms with E-state index < -0.39 is 10.4 Å². The average Bonchev–Trinajstić information content (AvgIpc) is 2.94. The van der Waals surface area contributed by atoms with Gasteiger partial charge >= 0.3 is 10.4 Å². The van der Waals surface area contributed by atoms with Crippen molar-refractivity contribution in [3.05, 3.63) is 64.7 Å². The van der Waals surface area contributed by atoms with Gasteiger partial charge in [0.25, 0.3) is 0 Å². The second kappa shape index (κ2) is 9.90. The number of aryl methyl sites for hydroxylation is 2. The quantitative estimate of drug-likeness (QED) is 0.408. The van der Waals surface area contributed by atoms with Crippen LogP contribution in [0.3, 0.4) is 0 Å². The van der Waals surface area contributed by atoms with Gasteiger partial charge in [-0.2, -0.15) is 8.42 Å². The third-order valence-corrected chi connectivity index (χ3v) is 4.27. The van der Waals surface area contributed by atoms with Crippen LogP contribution in [0.2, 0.25) is 0 Å². The van der Waals surface area contributed by atoms with Crippen LogP contribution in [0.5, 0.6) is 0 Å². The van der Waals surface area contributed by atoms with Gasteiger partial charge in [0.2, 0.25) is 0 Å². The first-order chi connectivity index (χ1) is 13.6. The number of methoxy groups -OCH3 is 1. The Labute approximate surface area is 168 Å². The molecule has 158 valence electrons. The number of hydrogen-bond donors (Lipinski definition) is 3. The second-order valence-corrected chi connectivity index (χ2v) is 7.22. The summed E-state index contributed by atoms with van der Waals surface area (Å²) < 4.78 is 55.8. The topological polar surface area (TPSA) is 122 Å². The number of pyridine rings is 1. The summed E-state index contributed by atoms with van der Waals surface area (Å²) in [6.07, 6.45) is 2.03. The van der Waals surface area contributed by atoms with E-state index in [9.17, 15) is 4.39 Å². The first kappa shape index (κ1) is 22.9. The predicted molar refractivity (Wildman–Crippen MR) is 105 cm³/mol. The van der Waals surface area contributed by atoms with E-state index >= 15 is 0 Å². The molecule has 3 N–H and O–H groups in total. The van der Waals surface area contributed by atoms with Gasteiger partial charge in [0.05, 0.1) is 17.6 Å². The van der Waals surface area contributed by atoms with Gasteiger partial charge < -0.3 is 14.5 Å². The van der Waals surface area contributed by atoms with Gasteiger partial charge in [-0.3, -0.25) is 14.1 Å². The molecule has 3 rings (SSSR count). The Morgan fingerprint density at radius 2 is 1.79 bits per heavy atom. The molecule has 0 saturated heterocycles. The molecular weight excluding hydrogens is 403 g/mol. The number of H-pyrrole nitrogens is 1. The van der Waals surface area contributed by atoms with Gasteiger partial charge in [-0.1, -0.05) is 12.1 Å². The molecule has 2 aromatic heterocycles. The molecule has 0 amide bonds. The number of nitrogens with one attached hydrogen (secondary N) is 1. The fraction of sp³-hybridized carbons (Fsp3) is 0.316. The zero-order valence-corrected chi connectivity index (χ0v) is 17.0. The van der Waals surface area contributed by atoms with Crippen molar-refractivity contribution in [2.75, 3.05) is 7.11 Å². The van der Waals surface area contributed by atoms with E-state index in [2.05, 4.69) is 16.9 Å². The molecule has 1 atom stereocenters. The molecule has 3 aromatic rings.